The molecule has 4 rings (SSSR count). The number of piperidine rings is 1. The number of hydrogen-bond donors (Lipinski definition) is 2. The average Bonchev–Trinajstić information content (AvgIpc) is 2.99. The van der Waals surface area contributed by atoms with Gasteiger partial charge in [0.1, 0.15) is 5.82 Å². The van der Waals surface area contributed by atoms with Gasteiger partial charge in [-0.15, -0.1) is 0 Å². The number of carbonyl (C=O) groups is 1. The normalized spacial score (nSPS) is 20.7. The second kappa shape index (κ2) is 8.69. The molecule has 7 heteroatoms. The van der Waals surface area contributed by atoms with E-state index in [4.69, 9.17) is 4.98 Å². The molecule has 7 nitrogen and oxygen atoms in total. The molecule has 0 aromatic carbocycles. The van der Waals surface area contributed by atoms with E-state index in [1.165, 1.54) is 0 Å². The van der Waals surface area contributed by atoms with E-state index in [1.54, 1.807) is 16.9 Å². The quantitative estimate of drug-likeness (QED) is 0.817. The minimum Gasteiger partial charge on any atom is -0.317 e. The Kier molecular flexibility index (Phi) is 5.85. The molecule has 2 aromatic rings. The summed E-state index contributed by atoms with van der Waals surface area (Å²) in [5.74, 6) is 0.871. The highest BCUT2D eigenvalue weighted by Crippen LogP contribution is 2.30. The van der Waals surface area contributed by atoms with Crippen LogP contribution in [0.15, 0.2) is 41.7 Å². The molecule has 2 atom stereocenters. The number of nitrogens with one attached hydrogen (secondary N) is 2. The van der Waals surface area contributed by atoms with Crippen LogP contribution in [0.25, 0.3) is 5.65 Å². The molecule has 2 aliphatic heterocycles. The molecule has 1 amide bonds. The summed E-state index contributed by atoms with van der Waals surface area (Å²) in [6, 6.07) is 1.99. The summed E-state index contributed by atoms with van der Waals surface area (Å²) in [5.41, 5.74) is 3.00. The summed E-state index contributed by atoms with van der Waals surface area (Å²) in [5, 5.41) is 11.0. The van der Waals surface area contributed by atoms with Gasteiger partial charge in [-0.05, 0) is 44.3 Å². The maximum Gasteiger partial charge on any atom is 0.237 e. The number of rotatable bonds is 5. The molecule has 1 saturated heterocycles. The van der Waals surface area contributed by atoms with E-state index in [2.05, 4.69) is 34.6 Å². The molecular formula is C22H28N6O. The zero-order valence-electron chi connectivity index (χ0n) is 17.0. The maximum atomic E-state index is 12.9. The summed E-state index contributed by atoms with van der Waals surface area (Å²) in [4.78, 5) is 22.0. The number of carbonyl (C=O) groups excluding carboxylic acids is 1. The molecule has 0 bridgehead atoms. The van der Waals surface area contributed by atoms with Crippen molar-refractivity contribution in [3.05, 3.63) is 47.9 Å². The SMILES string of the molecule is CCC(C)c1cnn2c(NC(=O)C3C=CC=CN=C3)cc(C3CCNCC3)nc12. The number of allylic oxidation sites excluding steroid dienone is 2. The largest absolute Gasteiger partial charge is 0.317 e. The van der Waals surface area contributed by atoms with Crippen LogP contribution < -0.4 is 10.6 Å². The highest BCUT2D eigenvalue weighted by atomic mass is 16.2. The highest BCUT2D eigenvalue weighted by Gasteiger charge is 2.23. The Morgan fingerprint density at radius 3 is 2.97 bits per heavy atom. The van der Waals surface area contributed by atoms with Gasteiger partial charge in [0.15, 0.2) is 5.65 Å². The monoisotopic (exact) mass is 392 g/mol. The van der Waals surface area contributed by atoms with E-state index < -0.39 is 5.92 Å². The third-order valence-electron chi connectivity index (χ3n) is 5.82. The third-order valence-corrected chi connectivity index (χ3v) is 5.82. The van der Waals surface area contributed by atoms with Crippen LogP contribution in [0.2, 0.25) is 0 Å². The van der Waals surface area contributed by atoms with Gasteiger partial charge in [0, 0.05) is 35.7 Å². The number of nitrogens with zero attached hydrogens (tertiary/aromatic N) is 4. The molecule has 2 unspecified atom stereocenters. The fourth-order valence-corrected chi connectivity index (χ4v) is 3.82. The van der Waals surface area contributed by atoms with Crippen molar-refractivity contribution in [2.24, 2.45) is 10.9 Å². The van der Waals surface area contributed by atoms with E-state index in [0.717, 1.165) is 49.3 Å². The smallest absolute Gasteiger partial charge is 0.237 e. The van der Waals surface area contributed by atoms with E-state index in [1.807, 2.05) is 30.5 Å². The van der Waals surface area contributed by atoms with Crippen molar-refractivity contribution >= 4 is 23.6 Å². The molecule has 0 saturated carbocycles. The van der Waals surface area contributed by atoms with E-state index in [9.17, 15) is 4.79 Å². The first kappa shape index (κ1) is 19.5. The molecule has 152 valence electrons. The van der Waals surface area contributed by atoms with Crippen LogP contribution in [0, 0.1) is 5.92 Å². The number of hydrogen-bond acceptors (Lipinski definition) is 5. The standard InChI is InChI=1S/C22H28N6O/c1-3-15(2)18-14-25-28-20(27-22(29)17-6-4-5-9-24-13-17)12-19(26-21(18)28)16-7-10-23-11-8-16/h4-6,9,12-17,23H,3,7-8,10-11H2,1-2H3,(H,27,29). The number of fused-ring (bicyclic) bond motifs is 1. The van der Waals surface area contributed by atoms with Gasteiger partial charge in [-0.3, -0.25) is 9.79 Å². The Morgan fingerprint density at radius 2 is 2.17 bits per heavy atom. The van der Waals surface area contributed by atoms with Gasteiger partial charge in [0.2, 0.25) is 5.91 Å². The van der Waals surface area contributed by atoms with Crippen molar-refractivity contribution in [1.82, 2.24) is 19.9 Å². The number of amides is 1. The van der Waals surface area contributed by atoms with E-state index >= 15 is 0 Å². The van der Waals surface area contributed by atoms with Gasteiger partial charge in [-0.2, -0.15) is 9.61 Å². The van der Waals surface area contributed by atoms with Crippen molar-refractivity contribution in [1.29, 1.82) is 0 Å². The molecule has 29 heavy (non-hydrogen) atoms. The lowest BCUT2D eigenvalue weighted by atomic mass is 9.94. The number of aromatic nitrogens is 3. The molecule has 2 aliphatic rings. The summed E-state index contributed by atoms with van der Waals surface area (Å²) in [7, 11) is 0. The van der Waals surface area contributed by atoms with Crippen molar-refractivity contribution in [3.63, 3.8) is 0 Å². The van der Waals surface area contributed by atoms with Crippen LogP contribution in [0.5, 0.6) is 0 Å². The van der Waals surface area contributed by atoms with Gasteiger partial charge in [0.25, 0.3) is 0 Å². The van der Waals surface area contributed by atoms with Crippen LogP contribution in [-0.4, -0.2) is 39.8 Å². The Hall–Kier alpha value is -2.80. The van der Waals surface area contributed by atoms with Crippen molar-refractivity contribution in [2.45, 2.75) is 44.9 Å². The summed E-state index contributed by atoms with van der Waals surface area (Å²) < 4.78 is 1.76. The Labute approximate surface area is 171 Å². The molecule has 4 heterocycles. The van der Waals surface area contributed by atoms with Crippen molar-refractivity contribution in [2.75, 3.05) is 18.4 Å². The van der Waals surface area contributed by atoms with Crippen LogP contribution in [0.4, 0.5) is 5.82 Å². The van der Waals surface area contributed by atoms with Crippen molar-refractivity contribution < 1.29 is 4.79 Å². The number of aliphatic imine (C=N–C) groups is 1. The third kappa shape index (κ3) is 4.15. The summed E-state index contributed by atoms with van der Waals surface area (Å²) >= 11 is 0. The van der Waals surface area contributed by atoms with Crippen LogP contribution in [0.3, 0.4) is 0 Å². The predicted octanol–water partition coefficient (Wildman–Crippen LogP) is 3.42. The highest BCUT2D eigenvalue weighted by molar-refractivity contribution is 6.03. The maximum absolute atomic E-state index is 12.9. The van der Waals surface area contributed by atoms with Gasteiger partial charge < -0.3 is 10.6 Å². The molecular weight excluding hydrogens is 364 g/mol. The fraction of sp³-hybridized carbons (Fsp3) is 0.455. The van der Waals surface area contributed by atoms with Gasteiger partial charge in [-0.25, -0.2) is 4.98 Å². The second-order valence-corrected chi connectivity index (χ2v) is 7.77. The molecule has 0 aliphatic carbocycles. The molecule has 2 aromatic heterocycles. The Bertz CT molecular complexity index is 951. The first-order chi connectivity index (χ1) is 14.2. The fourth-order valence-electron chi connectivity index (χ4n) is 3.82. The van der Waals surface area contributed by atoms with Crippen LogP contribution in [-0.2, 0) is 4.79 Å². The Balaban J connectivity index is 1.72. The minimum absolute atomic E-state index is 0.127. The lowest BCUT2D eigenvalue weighted by Gasteiger charge is -2.23. The topological polar surface area (TPSA) is 83.7 Å². The Morgan fingerprint density at radius 1 is 1.34 bits per heavy atom. The molecule has 0 radical (unpaired) electrons. The van der Waals surface area contributed by atoms with Crippen LogP contribution >= 0.6 is 0 Å². The predicted molar refractivity (Wildman–Crippen MR) is 115 cm³/mol. The zero-order chi connectivity index (χ0) is 20.2. The van der Waals surface area contributed by atoms with Crippen LogP contribution in [0.1, 0.15) is 56.2 Å². The summed E-state index contributed by atoms with van der Waals surface area (Å²) in [6.45, 7) is 6.34. The number of anilines is 1. The molecule has 2 N–H and O–H groups in total. The van der Waals surface area contributed by atoms with E-state index in [-0.39, 0.29) is 5.91 Å². The molecule has 1 fully saturated rings. The van der Waals surface area contributed by atoms with Crippen molar-refractivity contribution in [3.8, 4) is 0 Å². The van der Waals surface area contributed by atoms with Gasteiger partial charge in [0.05, 0.1) is 12.1 Å². The molecule has 0 spiro atoms. The van der Waals surface area contributed by atoms with Gasteiger partial charge >= 0.3 is 0 Å². The average molecular weight is 393 g/mol. The minimum atomic E-state index is -0.417. The van der Waals surface area contributed by atoms with E-state index in [0.29, 0.717) is 17.7 Å². The zero-order valence-corrected chi connectivity index (χ0v) is 17.0. The first-order valence-electron chi connectivity index (χ1n) is 10.4. The van der Waals surface area contributed by atoms with Gasteiger partial charge in [-0.1, -0.05) is 26.0 Å². The lowest BCUT2D eigenvalue weighted by Crippen LogP contribution is -2.28. The summed E-state index contributed by atoms with van der Waals surface area (Å²) in [6.07, 6.45) is 13.8. The second-order valence-electron chi connectivity index (χ2n) is 7.77. The lowest BCUT2D eigenvalue weighted by molar-refractivity contribution is -0.116. The first-order valence-corrected chi connectivity index (χ1v) is 10.4.